The number of nitrogens with zero attached hydrogens (tertiary/aromatic N) is 1. The molecule has 0 aliphatic carbocycles. The molecule has 0 amide bonds. The van der Waals surface area contributed by atoms with E-state index in [0.29, 0.717) is 0 Å². The van der Waals surface area contributed by atoms with Crippen LogP contribution in [-0.2, 0) is 0 Å². The second-order valence-electron chi connectivity index (χ2n) is 10.5. The molecule has 0 saturated carbocycles. The molecule has 0 N–H and O–H groups in total. The van der Waals surface area contributed by atoms with Crippen molar-refractivity contribution in [1.82, 2.24) is 4.57 Å². The fraction of sp³-hybridized carbons (Fsp3) is 0.385. The maximum atomic E-state index is 8.15. The average molecular weight is 484 g/mol. The van der Waals surface area contributed by atoms with E-state index >= 15 is 0 Å². The van der Waals surface area contributed by atoms with E-state index in [-0.39, 0.29) is 0 Å². The van der Waals surface area contributed by atoms with Gasteiger partial charge in [-0.1, -0.05) is 123 Å². The van der Waals surface area contributed by atoms with Crippen LogP contribution in [0.5, 0.6) is 0 Å². The van der Waals surface area contributed by atoms with Gasteiger partial charge in [-0.05, 0) is 35.4 Å². The molecule has 0 aromatic heterocycles. The molecule has 1 aliphatic heterocycles. The second-order valence-corrected chi connectivity index (χ2v) is 26.0. The van der Waals surface area contributed by atoms with E-state index in [1.165, 1.54) is 22.3 Å². The highest BCUT2D eigenvalue weighted by Gasteiger charge is 2.58. The summed E-state index contributed by atoms with van der Waals surface area (Å²) in [6.45, 7) is 21.5. The number of halogens is 1. The lowest BCUT2D eigenvalue weighted by Crippen LogP contribution is -2.60. The monoisotopic (exact) mass is 483 g/mol. The highest BCUT2D eigenvalue weighted by atomic mass is 35.6. The highest BCUT2D eigenvalue weighted by Crippen LogP contribution is 2.56. The van der Waals surface area contributed by atoms with Crippen LogP contribution in [0.25, 0.3) is 11.1 Å². The van der Waals surface area contributed by atoms with Gasteiger partial charge >= 0.3 is 0 Å². The van der Waals surface area contributed by atoms with Crippen LogP contribution < -0.4 is 0 Å². The number of hydrogen-bond donors (Lipinski definition) is 0. The molecule has 0 spiro atoms. The molecule has 2 aromatic rings. The van der Waals surface area contributed by atoms with Crippen molar-refractivity contribution in [3.05, 3.63) is 81.4 Å². The zero-order chi connectivity index (χ0) is 23.0. The maximum Gasteiger partial charge on any atom is 0.277 e. The van der Waals surface area contributed by atoms with Gasteiger partial charge in [0, 0.05) is 0 Å². The van der Waals surface area contributed by atoms with Crippen molar-refractivity contribution < 1.29 is 0 Å². The number of rotatable bonds is 7. The highest BCUT2D eigenvalue weighted by molar-refractivity contribution is 7.39. The van der Waals surface area contributed by atoms with Crippen LogP contribution in [-0.4, -0.2) is 41.3 Å². The summed E-state index contributed by atoms with van der Waals surface area (Å²) in [5, 5.41) is 0. The van der Waals surface area contributed by atoms with Gasteiger partial charge < -0.3 is 4.57 Å². The fourth-order valence-corrected chi connectivity index (χ4v) is 26.6. The molecule has 0 fully saturated rings. The Bertz CT molecular complexity index is 905. The first-order valence-electron chi connectivity index (χ1n) is 11.5. The Morgan fingerprint density at radius 3 is 1.23 bits per heavy atom. The van der Waals surface area contributed by atoms with Crippen molar-refractivity contribution in [2.75, 3.05) is 13.1 Å². The summed E-state index contributed by atoms with van der Waals surface area (Å²) in [6.07, 6.45) is 0. The van der Waals surface area contributed by atoms with Gasteiger partial charge in [0.05, 0.1) is 16.1 Å². The molecule has 2 aromatic carbocycles. The maximum absolute atomic E-state index is 8.15. The molecule has 0 saturated heterocycles. The van der Waals surface area contributed by atoms with Gasteiger partial charge in [0.15, 0.2) is 0 Å². The van der Waals surface area contributed by atoms with E-state index in [4.69, 9.17) is 11.1 Å². The SMILES string of the molecule is CCN(CC)[Si]1(Cl)C([Si](C)(C)C)=C(c2ccccc2)C(c2ccccc2)=C1[Si](C)(C)C. The van der Waals surface area contributed by atoms with Crippen LogP contribution >= 0.6 is 11.1 Å². The van der Waals surface area contributed by atoms with Crippen LogP contribution in [0.2, 0.25) is 39.3 Å². The first-order valence-corrected chi connectivity index (χ1v) is 21.5. The van der Waals surface area contributed by atoms with Crippen LogP contribution in [0, 0.1) is 0 Å². The van der Waals surface area contributed by atoms with Crippen LogP contribution in [0.1, 0.15) is 25.0 Å². The smallest absolute Gasteiger partial charge is 0.277 e. The predicted octanol–water partition coefficient (Wildman–Crippen LogP) is 7.76. The third-order valence-corrected chi connectivity index (χ3v) is 22.5. The number of allylic oxidation sites excluding steroid dienone is 2. The molecule has 1 heterocycles. The second kappa shape index (κ2) is 8.99. The van der Waals surface area contributed by atoms with Crippen molar-refractivity contribution in [2.24, 2.45) is 0 Å². The molecule has 5 heteroatoms. The van der Waals surface area contributed by atoms with Gasteiger partial charge in [0.1, 0.15) is 0 Å². The Hall–Kier alpha value is -1.18. The number of hydrogen-bond acceptors (Lipinski definition) is 1. The summed E-state index contributed by atoms with van der Waals surface area (Å²) in [4.78, 5) is 3.24. The molecule has 0 atom stereocenters. The fourth-order valence-electron chi connectivity index (χ4n) is 5.21. The molecule has 31 heavy (non-hydrogen) atoms. The van der Waals surface area contributed by atoms with E-state index in [1.54, 1.807) is 9.64 Å². The van der Waals surface area contributed by atoms with Crippen molar-refractivity contribution >= 4 is 45.9 Å². The third kappa shape index (κ3) is 4.38. The Labute approximate surface area is 197 Å². The van der Waals surface area contributed by atoms with E-state index in [9.17, 15) is 0 Å². The molecular weight excluding hydrogens is 446 g/mol. The first-order chi connectivity index (χ1) is 14.5. The lowest BCUT2D eigenvalue weighted by molar-refractivity contribution is 0.483. The predicted molar refractivity (Wildman–Crippen MR) is 148 cm³/mol. The van der Waals surface area contributed by atoms with Crippen molar-refractivity contribution in [3.8, 4) is 0 Å². The van der Waals surface area contributed by atoms with Gasteiger partial charge in [0.2, 0.25) is 0 Å². The Kier molecular flexibility index (Phi) is 7.09. The largest absolute Gasteiger partial charge is 0.306 e. The zero-order valence-electron chi connectivity index (χ0n) is 20.5. The Balaban J connectivity index is 2.57. The normalized spacial score (nSPS) is 17.1. The van der Waals surface area contributed by atoms with Crippen LogP contribution in [0.4, 0.5) is 0 Å². The minimum absolute atomic E-state index is 0.998. The molecule has 1 aliphatic rings. The van der Waals surface area contributed by atoms with Gasteiger partial charge in [-0.2, -0.15) is 0 Å². The van der Waals surface area contributed by atoms with Gasteiger partial charge in [-0.25, -0.2) is 0 Å². The van der Waals surface area contributed by atoms with Crippen molar-refractivity contribution in [2.45, 2.75) is 53.1 Å². The van der Waals surface area contributed by atoms with Crippen molar-refractivity contribution in [3.63, 3.8) is 0 Å². The van der Waals surface area contributed by atoms with Gasteiger partial charge in [-0.3, -0.25) is 0 Å². The van der Waals surface area contributed by atoms with E-state index in [1.807, 2.05) is 0 Å². The van der Waals surface area contributed by atoms with E-state index in [0.717, 1.165) is 13.1 Å². The molecule has 1 nitrogen and oxygen atoms in total. The molecule has 0 unspecified atom stereocenters. The molecule has 166 valence electrons. The quantitative estimate of drug-likeness (QED) is 0.287. The third-order valence-electron chi connectivity index (χ3n) is 6.24. The van der Waals surface area contributed by atoms with Crippen LogP contribution in [0.15, 0.2) is 70.3 Å². The standard InChI is InChI=1S/C26H38ClNSi3/c1-9-28(10-2)31(27)25(29(3,4)5)23(21-17-13-11-14-18-21)24(26(31)30(6,7)8)22-19-15-12-16-20-22/h11-20H,9-10H2,1-8H3. The van der Waals surface area contributed by atoms with E-state index in [2.05, 4.69) is 118 Å². The van der Waals surface area contributed by atoms with E-state index < -0.39 is 23.7 Å². The van der Waals surface area contributed by atoms with Crippen LogP contribution in [0.3, 0.4) is 0 Å². The summed E-state index contributed by atoms with van der Waals surface area (Å²) in [7, 11) is -6.04. The molecular formula is C26H38ClNSi3. The zero-order valence-corrected chi connectivity index (χ0v) is 24.3. The topological polar surface area (TPSA) is 3.24 Å². The van der Waals surface area contributed by atoms with Gasteiger partial charge in [0.25, 0.3) is 7.55 Å². The Morgan fingerprint density at radius 1 is 0.645 bits per heavy atom. The summed E-state index contributed by atoms with van der Waals surface area (Å²) in [5.41, 5.74) is 5.57. The Morgan fingerprint density at radius 2 is 0.968 bits per heavy atom. The number of benzene rings is 2. The summed E-state index contributed by atoms with van der Waals surface area (Å²) >= 11 is 8.15. The first kappa shape index (κ1) is 24.5. The molecule has 0 radical (unpaired) electrons. The minimum atomic E-state index is -2.55. The average Bonchev–Trinajstić information content (AvgIpc) is 3.00. The van der Waals surface area contributed by atoms with Crippen molar-refractivity contribution in [1.29, 1.82) is 0 Å². The molecule has 3 rings (SSSR count). The lowest BCUT2D eigenvalue weighted by Gasteiger charge is -2.44. The molecule has 0 bridgehead atoms. The lowest BCUT2D eigenvalue weighted by atomic mass is 9.95. The summed E-state index contributed by atoms with van der Waals surface area (Å²) < 4.78 is 2.65. The van der Waals surface area contributed by atoms with Gasteiger partial charge in [-0.15, -0.1) is 11.1 Å². The summed E-state index contributed by atoms with van der Waals surface area (Å²) in [6, 6.07) is 22.1. The minimum Gasteiger partial charge on any atom is -0.306 e. The summed E-state index contributed by atoms with van der Waals surface area (Å²) in [5.74, 6) is 0.